The van der Waals surface area contributed by atoms with Crippen LogP contribution in [0.15, 0.2) is 34.3 Å². The highest BCUT2D eigenvalue weighted by Gasteiger charge is 2.13. The smallest absolute Gasteiger partial charge is 0.276 e. The van der Waals surface area contributed by atoms with Gasteiger partial charge in [-0.15, -0.1) is 0 Å². The van der Waals surface area contributed by atoms with Gasteiger partial charge in [-0.05, 0) is 56.9 Å². The van der Waals surface area contributed by atoms with Crippen LogP contribution in [0.1, 0.15) is 40.5 Å². The van der Waals surface area contributed by atoms with Crippen molar-refractivity contribution in [3.63, 3.8) is 0 Å². The summed E-state index contributed by atoms with van der Waals surface area (Å²) in [6.45, 7) is 8.49. The highest BCUT2D eigenvalue weighted by molar-refractivity contribution is 7.89. The Hall–Kier alpha value is -1.56. The SMILES string of the molecule is CCOc1ccc(S(=O)(=O)NN=C(C)CCC(C)C)cc1. The maximum absolute atomic E-state index is 12.1. The van der Waals surface area contributed by atoms with Gasteiger partial charge in [0.25, 0.3) is 10.0 Å². The average Bonchev–Trinajstić information content (AvgIpc) is 2.44. The molecule has 0 aliphatic rings. The molecule has 0 saturated carbocycles. The molecule has 0 amide bonds. The van der Waals surface area contributed by atoms with Crippen molar-refractivity contribution < 1.29 is 13.2 Å². The van der Waals surface area contributed by atoms with Gasteiger partial charge in [0.2, 0.25) is 0 Å². The zero-order valence-electron chi connectivity index (χ0n) is 13.1. The Labute approximate surface area is 127 Å². The molecular weight excluding hydrogens is 288 g/mol. The molecule has 0 radical (unpaired) electrons. The minimum Gasteiger partial charge on any atom is -0.494 e. The van der Waals surface area contributed by atoms with E-state index in [1.807, 2.05) is 13.8 Å². The molecule has 1 aromatic carbocycles. The van der Waals surface area contributed by atoms with Crippen LogP contribution in [0.3, 0.4) is 0 Å². The number of ether oxygens (including phenoxy) is 1. The van der Waals surface area contributed by atoms with Gasteiger partial charge in [0.05, 0.1) is 11.5 Å². The molecule has 0 aromatic heterocycles. The van der Waals surface area contributed by atoms with Crippen LogP contribution < -0.4 is 9.57 Å². The van der Waals surface area contributed by atoms with Crippen LogP contribution in [0.5, 0.6) is 5.75 Å². The number of nitrogens with one attached hydrogen (secondary N) is 1. The maximum atomic E-state index is 12.1. The van der Waals surface area contributed by atoms with E-state index in [0.717, 1.165) is 18.6 Å². The van der Waals surface area contributed by atoms with Crippen LogP contribution in [-0.4, -0.2) is 20.7 Å². The first kappa shape index (κ1) is 17.5. The third-order valence-corrected chi connectivity index (χ3v) is 4.11. The Morgan fingerprint density at radius 2 is 1.90 bits per heavy atom. The van der Waals surface area contributed by atoms with Gasteiger partial charge in [-0.2, -0.15) is 13.5 Å². The van der Waals surface area contributed by atoms with Crippen molar-refractivity contribution in [2.45, 2.75) is 45.4 Å². The van der Waals surface area contributed by atoms with Crippen LogP contribution in [0.25, 0.3) is 0 Å². The summed E-state index contributed by atoms with van der Waals surface area (Å²) in [4.78, 5) is 2.44. The first-order chi connectivity index (χ1) is 9.85. The van der Waals surface area contributed by atoms with E-state index in [0.29, 0.717) is 18.3 Å². The van der Waals surface area contributed by atoms with Crippen molar-refractivity contribution in [3.05, 3.63) is 24.3 Å². The molecule has 0 unspecified atom stereocenters. The molecule has 0 atom stereocenters. The molecule has 0 bridgehead atoms. The lowest BCUT2D eigenvalue weighted by atomic mass is 10.1. The molecule has 5 nitrogen and oxygen atoms in total. The second kappa shape index (κ2) is 8.02. The van der Waals surface area contributed by atoms with Crippen LogP contribution in [-0.2, 0) is 10.0 Å². The normalized spacial score (nSPS) is 12.5. The molecule has 1 rings (SSSR count). The van der Waals surface area contributed by atoms with E-state index in [1.165, 1.54) is 12.1 Å². The largest absolute Gasteiger partial charge is 0.494 e. The molecule has 1 N–H and O–H groups in total. The van der Waals surface area contributed by atoms with Crippen molar-refractivity contribution in [1.82, 2.24) is 4.83 Å². The van der Waals surface area contributed by atoms with E-state index in [4.69, 9.17) is 4.74 Å². The molecule has 21 heavy (non-hydrogen) atoms. The van der Waals surface area contributed by atoms with Crippen molar-refractivity contribution in [2.75, 3.05) is 6.61 Å². The molecule has 118 valence electrons. The molecule has 1 aromatic rings. The Morgan fingerprint density at radius 1 is 1.29 bits per heavy atom. The van der Waals surface area contributed by atoms with Gasteiger partial charge in [-0.3, -0.25) is 0 Å². The van der Waals surface area contributed by atoms with Gasteiger partial charge in [0.1, 0.15) is 5.75 Å². The van der Waals surface area contributed by atoms with Gasteiger partial charge in [-0.25, -0.2) is 4.83 Å². The number of nitrogens with zero attached hydrogens (tertiary/aromatic N) is 1. The fourth-order valence-electron chi connectivity index (χ4n) is 1.63. The van der Waals surface area contributed by atoms with E-state index in [9.17, 15) is 8.42 Å². The van der Waals surface area contributed by atoms with Crippen molar-refractivity contribution in [1.29, 1.82) is 0 Å². The highest BCUT2D eigenvalue weighted by Crippen LogP contribution is 2.15. The molecule has 6 heteroatoms. The first-order valence-electron chi connectivity index (χ1n) is 7.13. The summed E-state index contributed by atoms with van der Waals surface area (Å²) in [5.41, 5.74) is 0.776. The topological polar surface area (TPSA) is 67.8 Å². The molecule has 0 aliphatic carbocycles. The number of benzene rings is 1. The fourth-order valence-corrected chi connectivity index (χ4v) is 2.50. The van der Waals surface area contributed by atoms with Gasteiger partial charge < -0.3 is 4.74 Å². The minimum atomic E-state index is -3.62. The van der Waals surface area contributed by atoms with Crippen LogP contribution in [0, 0.1) is 5.92 Å². The van der Waals surface area contributed by atoms with E-state index >= 15 is 0 Å². The molecule has 0 aliphatic heterocycles. The van der Waals surface area contributed by atoms with Gasteiger partial charge in [0.15, 0.2) is 0 Å². The lowest BCUT2D eigenvalue weighted by molar-refractivity contribution is 0.340. The number of sulfonamides is 1. The molecule has 0 spiro atoms. The maximum Gasteiger partial charge on any atom is 0.276 e. The molecular formula is C15H24N2O3S. The number of hydrogen-bond acceptors (Lipinski definition) is 4. The third-order valence-electron chi connectivity index (χ3n) is 2.89. The quantitative estimate of drug-likeness (QED) is 0.592. The van der Waals surface area contributed by atoms with Gasteiger partial charge >= 0.3 is 0 Å². The van der Waals surface area contributed by atoms with Gasteiger partial charge in [0, 0.05) is 5.71 Å². The summed E-state index contributed by atoms with van der Waals surface area (Å²) in [6.07, 6.45) is 1.77. The van der Waals surface area contributed by atoms with Crippen LogP contribution in [0.4, 0.5) is 0 Å². The Bertz CT molecular complexity index is 563. The van der Waals surface area contributed by atoms with E-state index < -0.39 is 10.0 Å². The van der Waals surface area contributed by atoms with Crippen LogP contribution in [0.2, 0.25) is 0 Å². The minimum absolute atomic E-state index is 0.173. The summed E-state index contributed by atoms with van der Waals surface area (Å²) in [5.74, 6) is 1.21. The highest BCUT2D eigenvalue weighted by atomic mass is 32.2. The Kier molecular flexibility index (Phi) is 6.68. The van der Waals surface area contributed by atoms with E-state index in [2.05, 4.69) is 23.8 Å². The zero-order valence-corrected chi connectivity index (χ0v) is 13.9. The number of hydrogen-bond donors (Lipinski definition) is 1. The first-order valence-corrected chi connectivity index (χ1v) is 8.61. The zero-order chi connectivity index (χ0) is 15.9. The summed E-state index contributed by atoms with van der Waals surface area (Å²) >= 11 is 0. The summed E-state index contributed by atoms with van der Waals surface area (Å²) in [7, 11) is -3.62. The van der Waals surface area contributed by atoms with Gasteiger partial charge in [-0.1, -0.05) is 13.8 Å². The lowest BCUT2D eigenvalue weighted by Gasteiger charge is -2.07. The van der Waals surface area contributed by atoms with Crippen molar-refractivity contribution >= 4 is 15.7 Å². The second-order valence-corrected chi connectivity index (χ2v) is 6.94. The standard InChI is InChI=1S/C15H24N2O3S/c1-5-20-14-8-10-15(11-9-14)21(18,19)17-16-13(4)7-6-12(2)3/h8-12,17H,5-7H2,1-4H3. The second-order valence-electron chi connectivity index (χ2n) is 5.28. The predicted octanol–water partition coefficient (Wildman–Crippen LogP) is 3.18. The van der Waals surface area contributed by atoms with Crippen LogP contribution >= 0.6 is 0 Å². The Balaban J connectivity index is 2.70. The van der Waals surface area contributed by atoms with E-state index in [1.54, 1.807) is 12.1 Å². The monoisotopic (exact) mass is 312 g/mol. The Morgan fingerprint density at radius 3 is 2.43 bits per heavy atom. The predicted molar refractivity (Wildman–Crippen MR) is 85.1 cm³/mol. The average molecular weight is 312 g/mol. The molecule has 0 saturated heterocycles. The van der Waals surface area contributed by atoms with Crippen molar-refractivity contribution in [2.24, 2.45) is 11.0 Å². The summed E-state index contributed by atoms with van der Waals surface area (Å²) < 4.78 is 29.5. The van der Waals surface area contributed by atoms with Crippen molar-refractivity contribution in [3.8, 4) is 5.75 Å². The number of rotatable bonds is 8. The molecule has 0 heterocycles. The lowest BCUT2D eigenvalue weighted by Crippen LogP contribution is -2.19. The summed E-state index contributed by atoms with van der Waals surface area (Å²) in [6, 6.07) is 6.28. The fraction of sp³-hybridized carbons (Fsp3) is 0.533. The summed E-state index contributed by atoms with van der Waals surface area (Å²) in [5, 5.41) is 3.95. The number of hydrazone groups is 1. The third kappa shape index (κ3) is 6.16. The molecule has 0 fully saturated rings. The van der Waals surface area contributed by atoms with E-state index in [-0.39, 0.29) is 4.90 Å².